The van der Waals surface area contributed by atoms with Crippen LogP contribution >= 0.6 is 11.7 Å². The fourth-order valence-electron chi connectivity index (χ4n) is 1.90. The number of nitrogens with zero attached hydrogens (tertiary/aromatic N) is 3. The van der Waals surface area contributed by atoms with E-state index in [0.717, 1.165) is 17.4 Å². The predicted octanol–water partition coefficient (Wildman–Crippen LogP) is 1.32. The second kappa shape index (κ2) is 5.25. The van der Waals surface area contributed by atoms with Gasteiger partial charge in [0.1, 0.15) is 0 Å². The highest BCUT2D eigenvalue weighted by Crippen LogP contribution is 2.19. The van der Waals surface area contributed by atoms with Crippen LogP contribution in [0.3, 0.4) is 0 Å². The zero-order chi connectivity index (χ0) is 13.9. The van der Waals surface area contributed by atoms with Crippen LogP contribution < -0.4 is 15.5 Å². The number of benzene rings is 1. The summed E-state index contributed by atoms with van der Waals surface area (Å²) < 4.78 is 7.64. The number of carbonyl (C=O) groups is 2. The van der Waals surface area contributed by atoms with Crippen LogP contribution in [0, 0.1) is 0 Å². The van der Waals surface area contributed by atoms with Gasteiger partial charge in [-0.1, -0.05) is 0 Å². The molecule has 2 N–H and O–H groups in total. The number of anilines is 2. The number of aromatic nitrogens is 2. The Morgan fingerprint density at radius 3 is 2.75 bits per heavy atom. The molecule has 0 spiro atoms. The van der Waals surface area contributed by atoms with E-state index >= 15 is 0 Å². The Hall–Kier alpha value is -2.48. The Morgan fingerprint density at radius 1 is 1.35 bits per heavy atom. The van der Waals surface area contributed by atoms with Crippen molar-refractivity contribution in [2.75, 3.05) is 23.3 Å². The van der Waals surface area contributed by atoms with Crippen molar-refractivity contribution in [3.63, 3.8) is 0 Å². The van der Waals surface area contributed by atoms with Crippen LogP contribution in [0.5, 0.6) is 0 Å². The van der Waals surface area contributed by atoms with Crippen molar-refractivity contribution >= 4 is 35.0 Å². The summed E-state index contributed by atoms with van der Waals surface area (Å²) in [7, 11) is 0. The van der Waals surface area contributed by atoms with Gasteiger partial charge in [-0.3, -0.25) is 9.69 Å². The molecular weight excluding hydrogens is 278 g/mol. The van der Waals surface area contributed by atoms with E-state index < -0.39 is 0 Å². The Bertz CT molecular complexity index is 626. The molecule has 3 amide bonds. The van der Waals surface area contributed by atoms with Crippen LogP contribution in [0.4, 0.5) is 16.2 Å². The molecule has 0 unspecified atom stereocenters. The average Bonchev–Trinajstić information content (AvgIpc) is 3.11. The number of hydrogen-bond acceptors (Lipinski definition) is 5. The average molecular weight is 289 g/mol. The minimum atomic E-state index is -0.301. The molecule has 7 nitrogen and oxygen atoms in total. The van der Waals surface area contributed by atoms with E-state index in [1.54, 1.807) is 29.2 Å². The summed E-state index contributed by atoms with van der Waals surface area (Å²) in [5.41, 5.74) is 1.73. The van der Waals surface area contributed by atoms with E-state index in [0.29, 0.717) is 18.8 Å². The number of carbonyl (C=O) groups excluding carboxylic acids is 2. The summed E-state index contributed by atoms with van der Waals surface area (Å²) in [6.07, 6.45) is 1.42. The van der Waals surface area contributed by atoms with E-state index in [9.17, 15) is 9.59 Å². The molecule has 1 aliphatic heterocycles. The second-order valence-electron chi connectivity index (χ2n) is 4.18. The summed E-state index contributed by atoms with van der Waals surface area (Å²) in [5.74, 6) is -0.301. The first kappa shape index (κ1) is 12.5. The normalized spacial score (nSPS) is 14.2. The number of rotatable bonds is 3. The van der Waals surface area contributed by atoms with Gasteiger partial charge in [0.05, 0.1) is 17.9 Å². The molecule has 3 rings (SSSR count). The van der Waals surface area contributed by atoms with E-state index in [2.05, 4.69) is 19.4 Å². The first-order valence-electron chi connectivity index (χ1n) is 5.98. The van der Waals surface area contributed by atoms with Crippen LogP contribution in [0.15, 0.2) is 30.5 Å². The lowest BCUT2D eigenvalue weighted by atomic mass is 10.2. The topological polar surface area (TPSA) is 87.2 Å². The van der Waals surface area contributed by atoms with Crippen molar-refractivity contribution in [3.05, 3.63) is 36.2 Å². The van der Waals surface area contributed by atoms with Crippen molar-refractivity contribution < 1.29 is 9.59 Å². The largest absolute Gasteiger partial charge is 0.336 e. The van der Waals surface area contributed by atoms with Gasteiger partial charge in [0.25, 0.3) is 5.91 Å². The number of amides is 3. The van der Waals surface area contributed by atoms with Gasteiger partial charge in [-0.05, 0) is 24.3 Å². The summed E-state index contributed by atoms with van der Waals surface area (Å²) >= 11 is 0.986. The summed E-state index contributed by atoms with van der Waals surface area (Å²) in [4.78, 5) is 25.0. The monoisotopic (exact) mass is 289 g/mol. The van der Waals surface area contributed by atoms with Gasteiger partial charge in [0, 0.05) is 24.5 Å². The molecular formula is C12H11N5O2S. The minimum absolute atomic E-state index is 0.102. The van der Waals surface area contributed by atoms with Crippen LogP contribution in [0.1, 0.15) is 10.5 Å². The standard InChI is InChI=1S/C12H11N5O2S/c18-11(10-7-14-20-16-10)15-8-1-3-9(4-2-8)17-6-5-13-12(17)19/h1-4,7H,5-6H2,(H,13,19)(H,15,18). The number of hydrogen-bond donors (Lipinski definition) is 2. The Balaban J connectivity index is 1.70. The van der Waals surface area contributed by atoms with Gasteiger partial charge in [0.2, 0.25) is 0 Å². The third kappa shape index (κ3) is 2.45. The van der Waals surface area contributed by atoms with Crippen molar-refractivity contribution in [1.29, 1.82) is 0 Å². The van der Waals surface area contributed by atoms with Gasteiger partial charge in [-0.15, -0.1) is 0 Å². The third-order valence-electron chi connectivity index (χ3n) is 2.89. The lowest BCUT2D eigenvalue weighted by molar-refractivity contribution is 0.102. The van der Waals surface area contributed by atoms with Crippen molar-refractivity contribution in [3.8, 4) is 0 Å². The molecule has 2 heterocycles. The lowest BCUT2D eigenvalue weighted by Crippen LogP contribution is -2.27. The Morgan fingerprint density at radius 2 is 2.15 bits per heavy atom. The molecule has 20 heavy (non-hydrogen) atoms. The molecule has 1 aliphatic rings. The van der Waals surface area contributed by atoms with Gasteiger partial charge in [0.15, 0.2) is 5.69 Å². The van der Waals surface area contributed by atoms with Crippen LogP contribution in [0.2, 0.25) is 0 Å². The van der Waals surface area contributed by atoms with Crippen LogP contribution in [-0.4, -0.2) is 33.8 Å². The summed E-state index contributed by atoms with van der Waals surface area (Å²) in [6, 6.07) is 6.98. The van der Waals surface area contributed by atoms with Crippen LogP contribution in [-0.2, 0) is 0 Å². The van der Waals surface area contributed by atoms with Gasteiger partial charge >= 0.3 is 6.03 Å². The first-order valence-corrected chi connectivity index (χ1v) is 6.71. The van der Waals surface area contributed by atoms with Crippen LogP contribution in [0.25, 0.3) is 0 Å². The lowest BCUT2D eigenvalue weighted by Gasteiger charge is -2.14. The molecule has 0 atom stereocenters. The zero-order valence-electron chi connectivity index (χ0n) is 10.4. The molecule has 1 aromatic carbocycles. The highest BCUT2D eigenvalue weighted by molar-refractivity contribution is 6.99. The first-order chi connectivity index (χ1) is 9.74. The second-order valence-corrected chi connectivity index (χ2v) is 4.73. The summed E-state index contributed by atoms with van der Waals surface area (Å²) in [5, 5.41) is 5.46. The highest BCUT2D eigenvalue weighted by atomic mass is 32.1. The van der Waals surface area contributed by atoms with Crippen molar-refractivity contribution in [2.45, 2.75) is 0 Å². The highest BCUT2D eigenvalue weighted by Gasteiger charge is 2.20. The summed E-state index contributed by atoms with van der Waals surface area (Å²) in [6.45, 7) is 1.29. The zero-order valence-corrected chi connectivity index (χ0v) is 11.2. The molecule has 1 saturated heterocycles. The fraction of sp³-hybridized carbons (Fsp3) is 0.167. The number of urea groups is 1. The van der Waals surface area contributed by atoms with Crippen molar-refractivity contribution in [2.24, 2.45) is 0 Å². The molecule has 0 radical (unpaired) electrons. The van der Waals surface area contributed by atoms with Gasteiger partial charge in [-0.2, -0.15) is 8.75 Å². The molecule has 1 fully saturated rings. The molecule has 0 saturated carbocycles. The molecule has 102 valence electrons. The predicted molar refractivity (Wildman–Crippen MR) is 75.0 cm³/mol. The van der Waals surface area contributed by atoms with E-state index in [-0.39, 0.29) is 17.6 Å². The smallest absolute Gasteiger partial charge is 0.321 e. The Kier molecular flexibility index (Phi) is 3.30. The van der Waals surface area contributed by atoms with Gasteiger partial charge in [-0.25, -0.2) is 4.79 Å². The molecule has 0 bridgehead atoms. The van der Waals surface area contributed by atoms with E-state index in [4.69, 9.17) is 0 Å². The molecule has 8 heteroatoms. The number of nitrogens with one attached hydrogen (secondary N) is 2. The van der Waals surface area contributed by atoms with E-state index in [1.165, 1.54) is 6.20 Å². The third-order valence-corrected chi connectivity index (χ3v) is 3.37. The Labute approximate surface area is 118 Å². The van der Waals surface area contributed by atoms with E-state index in [1.807, 2.05) is 0 Å². The maximum Gasteiger partial charge on any atom is 0.321 e. The minimum Gasteiger partial charge on any atom is -0.336 e. The van der Waals surface area contributed by atoms with Gasteiger partial charge < -0.3 is 10.6 Å². The quantitative estimate of drug-likeness (QED) is 0.892. The maximum absolute atomic E-state index is 11.8. The maximum atomic E-state index is 11.8. The molecule has 0 aliphatic carbocycles. The SMILES string of the molecule is O=C(Nc1ccc(N2CCNC2=O)cc1)c1cnsn1. The molecule has 1 aromatic heterocycles. The van der Waals surface area contributed by atoms with Crippen molar-refractivity contribution in [1.82, 2.24) is 14.1 Å². The fourth-order valence-corrected chi connectivity index (χ4v) is 2.31. The molecule has 2 aromatic rings.